The number of aliphatic hydroxyl groups is 1. The number of benzene rings is 3. The number of rotatable bonds is 3. The maximum atomic E-state index is 13.9. The van der Waals surface area contributed by atoms with Crippen LogP contribution in [0, 0.1) is 17.5 Å². The highest BCUT2D eigenvalue weighted by Crippen LogP contribution is 2.42. The average molecular weight is 444 g/mol. The van der Waals surface area contributed by atoms with E-state index in [9.17, 15) is 27.9 Å². The second-order valence-electron chi connectivity index (χ2n) is 6.83. The van der Waals surface area contributed by atoms with Gasteiger partial charge in [0.15, 0.2) is 11.6 Å². The fraction of sp³-hybridized carbons (Fsp3) is 0.0435. The van der Waals surface area contributed by atoms with Crippen LogP contribution in [0.2, 0.25) is 5.02 Å². The molecule has 4 nitrogen and oxygen atoms in total. The van der Waals surface area contributed by atoms with E-state index in [0.29, 0.717) is 10.6 Å². The van der Waals surface area contributed by atoms with Gasteiger partial charge in [-0.15, -0.1) is 0 Å². The summed E-state index contributed by atoms with van der Waals surface area (Å²) >= 11 is 5.87. The predicted octanol–water partition coefficient (Wildman–Crippen LogP) is 5.38. The van der Waals surface area contributed by atoms with Gasteiger partial charge in [0, 0.05) is 22.3 Å². The lowest BCUT2D eigenvalue weighted by atomic mass is 9.95. The summed E-state index contributed by atoms with van der Waals surface area (Å²) < 4.78 is 40.8. The molecular weight excluding hydrogens is 431 g/mol. The van der Waals surface area contributed by atoms with Crippen molar-refractivity contribution in [2.45, 2.75) is 6.04 Å². The summed E-state index contributed by atoms with van der Waals surface area (Å²) in [6.45, 7) is 0. The molecule has 3 aromatic rings. The van der Waals surface area contributed by atoms with Crippen molar-refractivity contribution < 1.29 is 27.9 Å². The van der Waals surface area contributed by atoms with Gasteiger partial charge in [0.1, 0.15) is 11.6 Å². The molecule has 1 aliphatic heterocycles. The van der Waals surface area contributed by atoms with Crippen LogP contribution in [0.1, 0.15) is 17.2 Å². The number of aliphatic hydroxyl groups excluding tert-OH is 1. The molecule has 1 heterocycles. The minimum Gasteiger partial charge on any atom is -0.507 e. The maximum absolute atomic E-state index is 13.9. The van der Waals surface area contributed by atoms with E-state index in [2.05, 4.69) is 0 Å². The Kier molecular flexibility index (Phi) is 5.29. The zero-order chi connectivity index (χ0) is 22.3. The van der Waals surface area contributed by atoms with Crippen molar-refractivity contribution in [3.05, 3.63) is 106 Å². The Bertz CT molecular complexity index is 1220. The van der Waals surface area contributed by atoms with Crippen molar-refractivity contribution in [3.63, 3.8) is 0 Å². The van der Waals surface area contributed by atoms with E-state index in [-0.39, 0.29) is 16.8 Å². The Morgan fingerprint density at radius 1 is 0.871 bits per heavy atom. The second-order valence-corrected chi connectivity index (χ2v) is 7.26. The van der Waals surface area contributed by atoms with Crippen molar-refractivity contribution in [2.75, 3.05) is 4.90 Å². The molecular formula is C23H13ClF3NO3. The van der Waals surface area contributed by atoms with Crippen LogP contribution in [0.4, 0.5) is 18.9 Å². The van der Waals surface area contributed by atoms with Gasteiger partial charge in [0.25, 0.3) is 11.7 Å². The van der Waals surface area contributed by atoms with Crippen molar-refractivity contribution in [3.8, 4) is 0 Å². The van der Waals surface area contributed by atoms with E-state index in [1.54, 1.807) is 0 Å². The molecule has 1 fully saturated rings. The number of carbonyl (C=O) groups excluding carboxylic acids is 2. The maximum Gasteiger partial charge on any atom is 0.300 e. The van der Waals surface area contributed by atoms with Gasteiger partial charge < -0.3 is 5.11 Å². The number of halogens is 4. The number of Topliss-reactive ketones (excluding diaryl/α,β-unsaturated/α-hetero) is 1. The van der Waals surface area contributed by atoms with Crippen molar-refractivity contribution in [1.82, 2.24) is 0 Å². The molecule has 1 atom stereocenters. The minimum atomic E-state index is -1.21. The smallest absolute Gasteiger partial charge is 0.300 e. The van der Waals surface area contributed by atoms with Crippen LogP contribution in [-0.4, -0.2) is 16.8 Å². The van der Waals surface area contributed by atoms with Crippen molar-refractivity contribution >= 4 is 34.7 Å². The first-order chi connectivity index (χ1) is 14.8. The average Bonchev–Trinajstić information content (AvgIpc) is 3.01. The fourth-order valence-corrected chi connectivity index (χ4v) is 3.58. The lowest BCUT2D eigenvalue weighted by Crippen LogP contribution is -2.29. The van der Waals surface area contributed by atoms with Crippen LogP contribution in [0.25, 0.3) is 5.76 Å². The third-order valence-electron chi connectivity index (χ3n) is 4.93. The second kappa shape index (κ2) is 7.92. The lowest BCUT2D eigenvalue weighted by Gasteiger charge is -2.25. The molecule has 4 rings (SSSR count). The third kappa shape index (κ3) is 3.68. The summed E-state index contributed by atoms with van der Waals surface area (Å²) in [5.74, 6) is -5.43. The van der Waals surface area contributed by atoms with E-state index in [1.165, 1.54) is 36.4 Å². The summed E-state index contributed by atoms with van der Waals surface area (Å²) in [4.78, 5) is 26.7. The molecule has 0 saturated carbocycles. The van der Waals surface area contributed by atoms with Crippen molar-refractivity contribution in [2.24, 2.45) is 0 Å². The Balaban J connectivity index is 1.95. The Labute approximate surface area is 179 Å². The van der Waals surface area contributed by atoms with E-state index in [4.69, 9.17) is 11.6 Å². The summed E-state index contributed by atoms with van der Waals surface area (Å²) in [6.07, 6.45) is 0. The molecule has 3 aromatic carbocycles. The van der Waals surface area contributed by atoms with Crippen LogP contribution < -0.4 is 4.90 Å². The summed E-state index contributed by atoms with van der Waals surface area (Å²) in [6, 6.07) is 12.4. The van der Waals surface area contributed by atoms with Gasteiger partial charge in [-0.1, -0.05) is 23.7 Å². The number of carbonyl (C=O) groups is 2. The number of nitrogens with zero attached hydrogens (tertiary/aromatic N) is 1. The molecule has 0 bridgehead atoms. The zero-order valence-corrected chi connectivity index (χ0v) is 16.4. The first-order valence-corrected chi connectivity index (χ1v) is 9.43. The molecule has 1 amide bonds. The van der Waals surface area contributed by atoms with Crippen molar-refractivity contribution in [1.29, 1.82) is 0 Å². The number of hydrogen-bond donors (Lipinski definition) is 1. The summed E-state index contributed by atoms with van der Waals surface area (Å²) in [5.41, 5.74) is 0.148. The molecule has 1 N–H and O–H groups in total. The largest absolute Gasteiger partial charge is 0.507 e. The highest BCUT2D eigenvalue weighted by molar-refractivity contribution is 6.51. The predicted molar refractivity (Wildman–Crippen MR) is 109 cm³/mol. The van der Waals surface area contributed by atoms with Gasteiger partial charge in [-0.25, -0.2) is 13.2 Å². The molecule has 0 spiro atoms. The Hall–Kier alpha value is -3.58. The van der Waals surface area contributed by atoms with Gasteiger partial charge >= 0.3 is 0 Å². The monoisotopic (exact) mass is 443 g/mol. The standard InChI is InChI=1S/C23H13ClF3NO3/c24-14-5-1-13(2-6-14)21(29)19-20(12-3-7-15(25)8-4-12)28(23(31)22(19)30)16-9-10-17(26)18(27)11-16/h1-11,20,29H/b21-19+. The molecule has 0 aromatic heterocycles. The van der Waals surface area contributed by atoms with Crippen LogP contribution >= 0.6 is 11.6 Å². The normalized spacial score (nSPS) is 17.9. The van der Waals surface area contributed by atoms with Crippen LogP contribution in [0.15, 0.2) is 72.3 Å². The van der Waals surface area contributed by atoms with Crippen LogP contribution in [-0.2, 0) is 9.59 Å². The van der Waals surface area contributed by atoms with E-state index >= 15 is 0 Å². The van der Waals surface area contributed by atoms with Gasteiger partial charge in [-0.05, 0) is 54.1 Å². The van der Waals surface area contributed by atoms with Crippen LogP contribution in [0.3, 0.4) is 0 Å². The highest BCUT2D eigenvalue weighted by Gasteiger charge is 2.47. The van der Waals surface area contributed by atoms with E-state index < -0.39 is 40.9 Å². The minimum absolute atomic E-state index is 0.0921. The van der Waals surface area contributed by atoms with E-state index in [1.807, 2.05) is 0 Å². The number of hydrogen-bond acceptors (Lipinski definition) is 3. The molecule has 0 aliphatic carbocycles. The third-order valence-corrected chi connectivity index (χ3v) is 5.18. The number of ketones is 1. The zero-order valence-electron chi connectivity index (χ0n) is 15.7. The fourth-order valence-electron chi connectivity index (χ4n) is 3.46. The first-order valence-electron chi connectivity index (χ1n) is 9.05. The Morgan fingerprint density at radius 2 is 1.52 bits per heavy atom. The molecule has 1 saturated heterocycles. The molecule has 0 radical (unpaired) electrons. The van der Waals surface area contributed by atoms with Gasteiger partial charge in [0.05, 0.1) is 11.6 Å². The van der Waals surface area contributed by atoms with Gasteiger partial charge in [-0.3, -0.25) is 14.5 Å². The summed E-state index contributed by atoms with van der Waals surface area (Å²) in [5, 5.41) is 11.3. The number of anilines is 1. The number of amides is 1. The van der Waals surface area contributed by atoms with E-state index in [0.717, 1.165) is 35.2 Å². The first kappa shape index (κ1) is 20.7. The molecule has 156 valence electrons. The highest BCUT2D eigenvalue weighted by atomic mass is 35.5. The lowest BCUT2D eigenvalue weighted by molar-refractivity contribution is -0.132. The summed E-state index contributed by atoms with van der Waals surface area (Å²) in [7, 11) is 0. The molecule has 8 heteroatoms. The van der Waals surface area contributed by atoms with Gasteiger partial charge in [0.2, 0.25) is 0 Å². The SMILES string of the molecule is O=C1C(=O)N(c2ccc(F)c(F)c2)C(c2ccc(F)cc2)/C1=C(\O)c1ccc(Cl)cc1. The van der Waals surface area contributed by atoms with Crippen LogP contribution in [0.5, 0.6) is 0 Å². The quantitative estimate of drug-likeness (QED) is 0.336. The topological polar surface area (TPSA) is 57.6 Å². The van der Waals surface area contributed by atoms with Gasteiger partial charge in [-0.2, -0.15) is 0 Å². The molecule has 31 heavy (non-hydrogen) atoms. The Morgan fingerprint density at radius 3 is 2.13 bits per heavy atom. The molecule has 1 aliphatic rings. The molecule has 1 unspecified atom stereocenters.